The lowest BCUT2D eigenvalue weighted by atomic mass is 10.1. The highest BCUT2D eigenvalue weighted by molar-refractivity contribution is 5.75. The van der Waals surface area contributed by atoms with Crippen molar-refractivity contribution in [1.82, 2.24) is 0 Å². The molecule has 6 heteroatoms. The minimum Gasteiger partial charge on any atom is -0.460 e. The molecule has 0 aliphatic heterocycles. The van der Waals surface area contributed by atoms with Crippen LogP contribution in [0, 0.1) is 0 Å². The molecule has 0 saturated heterocycles. The van der Waals surface area contributed by atoms with E-state index in [1.165, 1.54) is 0 Å². The van der Waals surface area contributed by atoms with Gasteiger partial charge < -0.3 is 15.2 Å². The number of esters is 1. The van der Waals surface area contributed by atoms with Gasteiger partial charge in [-0.05, 0) is 18.4 Å². The zero-order chi connectivity index (χ0) is 14.7. The van der Waals surface area contributed by atoms with Crippen LogP contribution in [0.4, 0.5) is 8.78 Å². The fourth-order valence-electron chi connectivity index (χ4n) is 1.28. The van der Waals surface area contributed by atoms with E-state index in [-0.39, 0.29) is 6.61 Å². The molecule has 1 aliphatic carbocycles. The number of halogens is 2. The lowest BCUT2D eigenvalue weighted by molar-refractivity contribution is -0.155. The molecule has 4 nitrogen and oxygen atoms in total. The van der Waals surface area contributed by atoms with Crippen molar-refractivity contribution in [1.29, 1.82) is 0 Å². The van der Waals surface area contributed by atoms with E-state index < -0.39 is 25.2 Å². The fraction of sp³-hybridized carbons (Fsp3) is 0.615. The third-order valence-electron chi connectivity index (χ3n) is 2.16. The number of allylic oxidation sites excluding steroid dienone is 2. The zero-order valence-corrected chi connectivity index (χ0v) is 11.3. The predicted octanol–water partition coefficient (Wildman–Crippen LogP) is 2.40. The summed E-state index contributed by atoms with van der Waals surface area (Å²) >= 11 is 0. The highest BCUT2D eigenvalue weighted by Crippen LogP contribution is 2.10. The summed E-state index contributed by atoms with van der Waals surface area (Å²) in [7, 11) is 0. The molecule has 0 bridgehead atoms. The maximum absolute atomic E-state index is 11.7. The first-order valence-corrected chi connectivity index (χ1v) is 6.27. The highest BCUT2D eigenvalue weighted by Gasteiger charge is 2.17. The van der Waals surface area contributed by atoms with Gasteiger partial charge in [0.2, 0.25) is 0 Å². The smallest absolute Gasteiger partial charge is 0.345 e. The van der Waals surface area contributed by atoms with Gasteiger partial charge in [0, 0.05) is 0 Å². The topological polar surface area (TPSA) is 61.5 Å². The quantitative estimate of drug-likeness (QED) is 0.757. The molecule has 19 heavy (non-hydrogen) atoms. The van der Waals surface area contributed by atoms with Crippen LogP contribution in [0.25, 0.3) is 0 Å². The number of rotatable bonds is 6. The van der Waals surface area contributed by atoms with Crippen molar-refractivity contribution in [3.63, 3.8) is 0 Å². The van der Waals surface area contributed by atoms with Crippen LogP contribution in [0.3, 0.4) is 0 Å². The van der Waals surface area contributed by atoms with Gasteiger partial charge in [0.15, 0.2) is 0 Å². The van der Waals surface area contributed by atoms with Gasteiger partial charge >= 0.3 is 12.6 Å². The number of carbonyl (C=O) groups excluding carboxylic acids is 1. The number of hydrogen-bond donors (Lipinski definition) is 1. The van der Waals surface area contributed by atoms with Crippen LogP contribution >= 0.6 is 0 Å². The molecular weight excluding hydrogens is 256 g/mol. The molecule has 0 fully saturated rings. The molecule has 1 rings (SSSR count). The van der Waals surface area contributed by atoms with Crippen LogP contribution in [0.15, 0.2) is 23.8 Å². The van der Waals surface area contributed by atoms with E-state index in [4.69, 9.17) is 10.5 Å². The Hall–Kier alpha value is -1.27. The Morgan fingerprint density at radius 1 is 1.42 bits per heavy atom. The van der Waals surface area contributed by atoms with E-state index in [1.807, 2.05) is 32.1 Å². The van der Waals surface area contributed by atoms with Crippen LogP contribution in [-0.2, 0) is 14.3 Å². The normalized spacial score (nSPS) is 15.4. The Labute approximate surface area is 112 Å². The maximum Gasteiger partial charge on any atom is 0.345 e. The first-order valence-electron chi connectivity index (χ1n) is 6.27. The predicted molar refractivity (Wildman–Crippen MR) is 68.7 cm³/mol. The second-order valence-electron chi connectivity index (χ2n) is 3.57. The number of nitrogens with two attached hydrogens (primary N) is 1. The highest BCUT2D eigenvalue weighted by atomic mass is 19.3. The second kappa shape index (κ2) is 10.6. The molecule has 0 aromatic rings. The molecular formula is C13H21F2NO3. The van der Waals surface area contributed by atoms with Crippen LogP contribution in [-0.4, -0.2) is 31.8 Å². The van der Waals surface area contributed by atoms with E-state index in [0.717, 1.165) is 18.4 Å². The molecule has 0 amide bonds. The van der Waals surface area contributed by atoms with Crippen molar-refractivity contribution in [2.75, 3.05) is 13.2 Å². The zero-order valence-electron chi connectivity index (χ0n) is 11.3. The first-order chi connectivity index (χ1) is 9.09. The van der Waals surface area contributed by atoms with Gasteiger partial charge in [-0.3, -0.25) is 4.79 Å². The molecule has 1 atom stereocenters. The van der Waals surface area contributed by atoms with Gasteiger partial charge in [0.05, 0.1) is 6.61 Å². The third kappa shape index (κ3) is 8.45. The molecule has 2 N–H and O–H groups in total. The van der Waals surface area contributed by atoms with Gasteiger partial charge in [-0.1, -0.05) is 32.1 Å². The Morgan fingerprint density at radius 3 is 2.63 bits per heavy atom. The lowest BCUT2D eigenvalue weighted by Gasteiger charge is -2.12. The summed E-state index contributed by atoms with van der Waals surface area (Å²) in [5.41, 5.74) is 6.19. The van der Waals surface area contributed by atoms with Crippen molar-refractivity contribution in [3.05, 3.63) is 23.8 Å². The van der Waals surface area contributed by atoms with Crippen LogP contribution in [0.1, 0.15) is 26.7 Å². The number of carbonyl (C=O) groups is 1. The lowest BCUT2D eigenvalue weighted by Crippen LogP contribution is -2.37. The van der Waals surface area contributed by atoms with Gasteiger partial charge in [-0.15, -0.1) is 0 Å². The Bertz CT molecular complexity index is 317. The molecule has 0 heterocycles. The molecule has 0 aromatic heterocycles. The standard InChI is InChI=1S/C11H15F2NO3.C2H6/c12-11(13)17-7-9(14)10(15)16-6-8-4-2-1-3-5-8;1-2/h2,4-5,9,11H,1,3,6-7,14H2;1-2H3. The Kier molecular flexibility index (Phi) is 9.92. The van der Waals surface area contributed by atoms with Crippen LogP contribution < -0.4 is 5.73 Å². The Morgan fingerprint density at radius 2 is 2.11 bits per heavy atom. The summed E-state index contributed by atoms with van der Waals surface area (Å²) in [5.74, 6) is -0.745. The number of hydrogen-bond acceptors (Lipinski definition) is 4. The molecule has 110 valence electrons. The van der Waals surface area contributed by atoms with E-state index in [1.54, 1.807) is 0 Å². The Balaban J connectivity index is 0.00000154. The average Bonchev–Trinajstić information content (AvgIpc) is 2.45. The summed E-state index contributed by atoms with van der Waals surface area (Å²) in [6.07, 6.45) is 7.67. The maximum atomic E-state index is 11.7. The SMILES string of the molecule is CC.NC(COC(F)F)C(=O)OCC1=CCCC=C1. The third-order valence-corrected chi connectivity index (χ3v) is 2.16. The van der Waals surface area contributed by atoms with Crippen LogP contribution in [0.5, 0.6) is 0 Å². The number of alkyl halides is 2. The monoisotopic (exact) mass is 277 g/mol. The second-order valence-corrected chi connectivity index (χ2v) is 3.57. The average molecular weight is 277 g/mol. The van der Waals surface area contributed by atoms with Crippen molar-refractivity contribution in [3.8, 4) is 0 Å². The van der Waals surface area contributed by atoms with Crippen molar-refractivity contribution >= 4 is 5.97 Å². The molecule has 0 saturated carbocycles. The summed E-state index contributed by atoms with van der Waals surface area (Å²) in [5, 5.41) is 0. The molecule has 0 spiro atoms. The van der Waals surface area contributed by atoms with Crippen molar-refractivity contribution in [2.45, 2.75) is 39.3 Å². The van der Waals surface area contributed by atoms with Gasteiger partial charge in [0.1, 0.15) is 12.6 Å². The summed E-state index contributed by atoms with van der Waals surface area (Å²) < 4.78 is 32.2. The first kappa shape index (κ1) is 17.7. The van der Waals surface area contributed by atoms with Crippen molar-refractivity contribution in [2.24, 2.45) is 5.73 Å². The van der Waals surface area contributed by atoms with Crippen LogP contribution in [0.2, 0.25) is 0 Å². The number of ether oxygens (including phenoxy) is 2. The van der Waals surface area contributed by atoms with E-state index in [0.29, 0.717) is 0 Å². The summed E-state index contributed by atoms with van der Waals surface area (Å²) in [6.45, 7) is 0.626. The minimum atomic E-state index is -2.93. The minimum absolute atomic E-state index is 0.109. The largest absolute Gasteiger partial charge is 0.460 e. The molecule has 1 aliphatic rings. The van der Waals surface area contributed by atoms with Gasteiger partial charge in [-0.25, -0.2) is 0 Å². The van der Waals surface area contributed by atoms with Crippen molar-refractivity contribution < 1.29 is 23.0 Å². The van der Waals surface area contributed by atoms with E-state index >= 15 is 0 Å². The molecule has 1 unspecified atom stereocenters. The van der Waals surface area contributed by atoms with Gasteiger partial charge in [-0.2, -0.15) is 8.78 Å². The molecule has 0 aromatic carbocycles. The fourth-order valence-corrected chi connectivity index (χ4v) is 1.28. The van der Waals surface area contributed by atoms with E-state index in [9.17, 15) is 13.6 Å². The van der Waals surface area contributed by atoms with Gasteiger partial charge in [0.25, 0.3) is 0 Å². The summed E-state index contributed by atoms with van der Waals surface area (Å²) in [6, 6.07) is -1.18. The summed E-state index contributed by atoms with van der Waals surface area (Å²) in [4.78, 5) is 11.3. The molecule has 0 radical (unpaired) electrons. The van der Waals surface area contributed by atoms with E-state index in [2.05, 4.69) is 4.74 Å².